The third-order valence-electron chi connectivity index (χ3n) is 2.81. The number of nitrogens with zero attached hydrogens (tertiary/aromatic N) is 5. The fourth-order valence-corrected chi connectivity index (χ4v) is 1.85. The minimum absolute atomic E-state index is 0.854. The molecule has 0 atom stereocenters. The van der Waals surface area contributed by atoms with Crippen LogP contribution in [0.15, 0.2) is 12.5 Å². The molecule has 2 aromatic rings. The molecule has 0 aliphatic heterocycles. The van der Waals surface area contributed by atoms with Gasteiger partial charge in [-0.3, -0.25) is 0 Å². The molecule has 0 unspecified atom stereocenters. The number of hydrogen-bond acceptors (Lipinski definition) is 4. The van der Waals surface area contributed by atoms with Crippen LogP contribution in [-0.2, 0) is 20.0 Å². The van der Waals surface area contributed by atoms with Crippen LogP contribution < -0.4 is 5.32 Å². The summed E-state index contributed by atoms with van der Waals surface area (Å²) in [5, 5.41) is 11.3. The highest BCUT2D eigenvalue weighted by Crippen LogP contribution is 2.09. The lowest BCUT2D eigenvalue weighted by Crippen LogP contribution is -2.10. The van der Waals surface area contributed by atoms with Gasteiger partial charge in [-0.25, -0.2) is 4.98 Å². The van der Waals surface area contributed by atoms with Crippen molar-refractivity contribution < 1.29 is 0 Å². The van der Waals surface area contributed by atoms with Gasteiger partial charge < -0.3 is 14.5 Å². The average molecular weight is 248 g/mol. The van der Waals surface area contributed by atoms with E-state index in [0.717, 1.165) is 43.4 Å². The quantitative estimate of drug-likeness (QED) is 0.839. The lowest BCUT2D eigenvalue weighted by molar-refractivity contribution is 0.651. The normalized spacial score (nSPS) is 10.8. The SMILES string of the molecule is CCCNc1nc(C)cn1CCc1nncn1C. The first-order valence-electron chi connectivity index (χ1n) is 6.31. The number of imidazole rings is 1. The molecule has 2 rings (SSSR count). The van der Waals surface area contributed by atoms with Crippen LogP contribution in [-0.4, -0.2) is 30.9 Å². The Labute approximate surface area is 107 Å². The molecule has 0 bridgehead atoms. The smallest absolute Gasteiger partial charge is 0.203 e. The Morgan fingerprint density at radius 3 is 2.89 bits per heavy atom. The van der Waals surface area contributed by atoms with E-state index in [0.29, 0.717) is 0 Å². The first-order valence-corrected chi connectivity index (χ1v) is 6.31. The van der Waals surface area contributed by atoms with E-state index in [1.54, 1.807) is 6.33 Å². The van der Waals surface area contributed by atoms with Gasteiger partial charge in [-0.1, -0.05) is 6.92 Å². The van der Waals surface area contributed by atoms with Crippen LogP contribution >= 0.6 is 0 Å². The van der Waals surface area contributed by atoms with Gasteiger partial charge >= 0.3 is 0 Å². The molecule has 2 heterocycles. The van der Waals surface area contributed by atoms with E-state index in [1.807, 2.05) is 18.5 Å². The van der Waals surface area contributed by atoms with E-state index in [9.17, 15) is 0 Å². The van der Waals surface area contributed by atoms with Gasteiger partial charge in [-0.15, -0.1) is 10.2 Å². The molecule has 0 radical (unpaired) electrons. The predicted octanol–water partition coefficient (Wildman–Crippen LogP) is 1.38. The summed E-state index contributed by atoms with van der Waals surface area (Å²) < 4.78 is 4.09. The maximum Gasteiger partial charge on any atom is 0.203 e. The summed E-state index contributed by atoms with van der Waals surface area (Å²) in [5.41, 5.74) is 1.03. The fourth-order valence-electron chi connectivity index (χ4n) is 1.85. The summed E-state index contributed by atoms with van der Waals surface area (Å²) in [7, 11) is 1.96. The fraction of sp³-hybridized carbons (Fsp3) is 0.583. The summed E-state index contributed by atoms with van der Waals surface area (Å²) in [4.78, 5) is 4.48. The first-order chi connectivity index (χ1) is 8.70. The van der Waals surface area contributed by atoms with E-state index < -0.39 is 0 Å². The number of anilines is 1. The molecule has 2 aromatic heterocycles. The van der Waals surface area contributed by atoms with Crippen LogP contribution in [0.1, 0.15) is 24.9 Å². The second-order valence-electron chi connectivity index (χ2n) is 4.43. The van der Waals surface area contributed by atoms with Crippen LogP contribution in [0.5, 0.6) is 0 Å². The summed E-state index contributed by atoms with van der Waals surface area (Å²) in [6.45, 7) is 5.96. The molecule has 0 saturated heterocycles. The van der Waals surface area contributed by atoms with Crippen molar-refractivity contribution >= 4 is 5.95 Å². The van der Waals surface area contributed by atoms with Gasteiger partial charge in [0.25, 0.3) is 0 Å². The molecule has 0 aliphatic carbocycles. The third kappa shape index (κ3) is 2.88. The first kappa shape index (κ1) is 12.6. The van der Waals surface area contributed by atoms with E-state index in [4.69, 9.17) is 0 Å². The van der Waals surface area contributed by atoms with Crippen LogP contribution in [0.3, 0.4) is 0 Å². The van der Waals surface area contributed by atoms with Gasteiger partial charge in [0.2, 0.25) is 5.95 Å². The van der Waals surface area contributed by atoms with Gasteiger partial charge in [0.05, 0.1) is 5.69 Å². The lowest BCUT2D eigenvalue weighted by atomic mass is 10.4. The second-order valence-corrected chi connectivity index (χ2v) is 4.43. The number of aromatic nitrogens is 5. The highest BCUT2D eigenvalue weighted by molar-refractivity contribution is 5.28. The molecule has 98 valence electrons. The maximum absolute atomic E-state index is 4.48. The molecular formula is C12H20N6. The zero-order valence-corrected chi connectivity index (χ0v) is 11.2. The Morgan fingerprint density at radius 2 is 2.22 bits per heavy atom. The third-order valence-corrected chi connectivity index (χ3v) is 2.81. The standard InChI is InChI=1S/C12H20N6/c1-4-6-13-12-15-10(2)8-18(12)7-5-11-16-14-9-17(11)3/h8-9H,4-7H2,1-3H3,(H,13,15). The van der Waals surface area contributed by atoms with Crippen LogP contribution in [0.4, 0.5) is 5.95 Å². The van der Waals surface area contributed by atoms with Crippen molar-refractivity contribution in [1.29, 1.82) is 0 Å². The zero-order chi connectivity index (χ0) is 13.0. The van der Waals surface area contributed by atoms with Crippen molar-refractivity contribution in [3.8, 4) is 0 Å². The molecule has 0 saturated carbocycles. The summed E-state index contributed by atoms with van der Waals surface area (Å²) in [6.07, 6.45) is 5.74. The predicted molar refractivity (Wildman–Crippen MR) is 70.5 cm³/mol. The number of aryl methyl sites for hydroxylation is 4. The molecule has 6 heteroatoms. The Kier molecular flexibility index (Phi) is 3.96. The molecule has 6 nitrogen and oxygen atoms in total. The number of rotatable bonds is 6. The number of hydrogen-bond donors (Lipinski definition) is 1. The van der Waals surface area contributed by atoms with Crippen molar-refractivity contribution in [3.05, 3.63) is 24.0 Å². The van der Waals surface area contributed by atoms with E-state index in [1.165, 1.54) is 0 Å². The number of nitrogens with one attached hydrogen (secondary N) is 1. The zero-order valence-electron chi connectivity index (χ0n) is 11.2. The second kappa shape index (κ2) is 5.66. The molecule has 0 aliphatic rings. The Morgan fingerprint density at radius 1 is 1.39 bits per heavy atom. The van der Waals surface area contributed by atoms with Gasteiger partial charge in [0.1, 0.15) is 12.2 Å². The summed E-state index contributed by atoms with van der Waals surface area (Å²) >= 11 is 0. The minimum atomic E-state index is 0.854. The van der Waals surface area contributed by atoms with Crippen molar-refractivity contribution in [2.24, 2.45) is 7.05 Å². The largest absolute Gasteiger partial charge is 0.356 e. The monoisotopic (exact) mass is 248 g/mol. The van der Waals surface area contributed by atoms with E-state index in [-0.39, 0.29) is 0 Å². The van der Waals surface area contributed by atoms with Gasteiger partial charge in [-0.05, 0) is 13.3 Å². The molecule has 18 heavy (non-hydrogen) atoms. The van der Waals surface area contributed by atoms with Crippen molar-refractivity contribution in [1.82, 2.24) is 24.3 Å². The Hall–Kier alpha value is -1.85. The van der Waals surface area contributed by atoms with Crippen molar-refractivity contribution in [2.45, 2.75) is 33.2 Å². The average Bonchev–Trinajstić information content (AvgIpc) is 2.90. The maximum atomic E-state index is 4.48. The molecule has 0 spiro atoms. The highest BCUT2D eigenvalue weighted by Gasteiger charge is 2.06. The van der Waals surface area contributed by atoms with Crippen molar-refractivity contribution in [2.75, 3.05) is 11.9 Å². The topological polar surface area (TPSA) is 60.6 Å². The van der Waals surface area contributed by atoms with E-state index >= 15 is 0 Å². The Bertz CT molecular complexity index is 498. The van der Waals surface area contributed by atoms with Crippen LogP contribution in [0, 0.1) is 6.92 Å². The molecule has 0 fully saturated rings. The van der Waals surface area contributed by atoms with Crippen molar-refractivity contribution in [3.63, 3.8) is 0 Å². The van der Waals surface area contributed by atoms with Crippen LogP contribution in [0.2, 0.25) is 0 Å². The summed E-state index contributed by atoms with van der Waals surface area (Å²) in [6, 6.07) is 0. The van der Waals surface area contributed by atoms with Crippen LogP contribution in [0.25, 0.3) is 0 Å². The molecule has 0 aromatic carbocycles. The minimum Gasteiger partial charge on any atom is -0.356 e. The molecular weight excluding hydrogens is 228 g/mol. The van der Waals surface area contributed by atoms with E-state index in [2.05, 4.69) is 38.2 Å². The molecule has 1 N–H and O–H groups in total. The highest BCUT2D eigenvalue weighted by atomic mass is 15.3. The lowest BCUT2D eigenvalue weighted by Gasteiger charge is -2.08. The van der Waals surface area contributed by atoms with Gasteiger partial charge in [0, 0.05) is 32.8 Å². The molecule has 0 amide bonds. The van der Waals surface area contributed by atoms with Gasteiger partial charge in [0.15, 0.2) is 0 Å². The Balaban J connectivity index is 2.02. The van der Waals surface area contributed by atoms with Gasteiger partial charge in [-0.2, -0.15) is 0 Å². The summed E-state index contributed by atoms with van der Waals surface area (Å²) in [5.74, 6) is 1.93.